The number of hydrogen-bond acceptors (Lipinski definition) is 3. The molecule has 1 heterocycles. The van der Waals surface area contributed by atoms with Crippen molar-refractivity contribution in [3.05, 3.63) is 28.2 Å². The fraction of sp³-hybridized carbons (Fsp3) is 0.429. The van der Waals surface area contributed by atoms with Crippen molar-refractivity contribution in [1.82, 2.24) is 4.90 Å². The molecule has 0 aromatic heterocycles. The van der Waals surface area contributed by atoms with Crippen LogP contribution in [0.3, 0.4) is 0 Å². The molecule has 0 spiro atoms. The fourth-order valence-corrected chi connectivity index (χ4v) is 3.13. The van der Waals surface area contributed by atoms with Gasteiger partial charge >= 0.3 is 5.97 Å². The summed E-state index contributed by atoms with van der Waals surface area (Å²) in [7, 11) is 1.55. The average molecular weight is 342 g/mol. The van der Waals surface area contributed by atoms with Crippen molar-refractivity contribution in [1.29, 1.82) is 0 Å². The Morgan fingerprint density at radius 2 is 2.25 bits per heavy atom. The summed E-state index contributed by atoms with van der Waals surface area (Å²) in [4.78, 5) is 25.0. The Labute approximate surface area is 125 Å². The molecule has 1 aromatic rings. The number of aliphatic carboxylic acids is 1. The fourth-order valence-electron chi connectivity index (χ4n) is 2.64. The Bertz CT molecular complexity index is 546. The first-order valence-corrected chi connectivity index (χ1v) is 7.14. The second kappa shape index (κ2) is 5.83. The summed E-state index contributed by atoms with van der Waals surface area (Å²) in [5.41, 5.74) is 0.768. The number of carboxylic acid groups (broad SMARTS) is 1. The quantitative estimate of drug-likeness (QED) is 0.913. The van der Waals surface area contributed by atoms with Crippen LogP contribution in [0.4, 0.5) is 0 Å². The molecule has 2 rings (SSSR count). The number of ether oxygens (including phenoxy) is 1. The van der Waals surface area contributed by atoms with Crippen LogP contribution >= 0.6 is 15.9 Å². The summed E-state index contributed by atoms with van der Waals surface area (Å²) in [6.45, 7) is 2.33. The van der Waals surface area contributed by atoms with Crippen molar-refractivity contribution in [2.75, 3.05) is 13.7 Å². The van der Waals surface area contributed by atoms with E-state index in [0.29, 0.717) is 12.3 Å². The van der Waals surface area contributed by atoms with Gasteiger partial charge in [-0.1, -0.05) is 15.9 Å². The monoisotopic (exact) mass is 341 g/mol. The third kappa shape index (κ3) is 2.52. The lowest BCUT2D eigenvalue weighted by atomic mass is 9.93. The van der Waals surface area contributed by atoms with E-state index in [1.165, 1.54) is 0 Å². The van der Waals surface area contributed by atoms with E-state index in [1.807, 2.05) is 13.0 Å². The Balaban J connectivity index is 2.50. The molecule has 0 radical (unpaired) electrons. The molecule has 108 valence electrons. The number of carbonyl (C=O) groups is 2. The third-order valence-corrected chi connectivity index (χ3v) is 4.33. The van der Waals surface area contributed by atoms with Crippen molar-refractivity contribution in [2.45, 2.75) is 19.4 Å². The lowest BCUT2D eigenvalue weighted by Crippen LogP contribution is -2.30. The Hall–Kier alpha value is -1.56. The van der Waals surface area contributed by atoms with Gasteiger partial charge in [-0.05, 0) is 30.7 Å². The topological polar surface area (TPSA) is 66.8 Å². The van der Waals surface area contributed by atoms with Crippen LogP contribution in [0.1, 0.15) is 24.9 Å². The van der Waals surface area contributed by atoms with Gasteiger partial charge in [-0.3, -0.25) is 9.59 Å². The van der Waals surface area contributed by atoms with Crippen molar-refractivity contribution >= 4 is 27.8 Å². The van der Waals surface area contributed by atoms with E-state index in [9.17, 15) is 14.7 Å². The lowest BCUT2D eigenvalue weighted by molar-refractivity contribution is -0.142. The minimum absolute atomic E-state index is 0.0392. The van der Waals surface area contributed by atoms with Crippen LogP contribution in [0, 0.1) is 5.92 Å². The SMILES string of the molecule is CCN1C(=O)CC(C(=O)O)C1c1cc(OC)ccc1Br. The van der Waals surface area contributed by atoms with E-state index in [2.05, 4.69) is 15.9 Å². The molecule has 0 bridgehead atoms. The number of carboxylic acids is 1. The second-order valence-electron chi connectivity index (χ2n) is 4.66. The van der Waals surface area contributed by atoms with Crippen molar-refractivity contribution < 1.29 is 19.4 Å². The molecule has 1 fully saturated rings. The molecule has 0 saturated carbocycles. The third-order valence-electron chi connectivity index (χ3n) is 3.61. The zero-order chi connectivity index (χ0) is 14.9. The Kier molecular flexibility index (Phi) is 4.32. The predicted octanol–water partition coefficient (Wildman–Crippen LogP) is 2.45. The van der Waals surface area contributed by atoms with E-state index in [4.69, 9.17) is 4.74 Å². The van der Waals surface area contributed by atoms with Gasteiger partial charge in [0.1, 0.15) is 5.75 Å². The van der Waals surface area contributed by atoms with Crippen LogP contribution in [-0.4, -0.2) is 35.5 Å². The molecular formula is C14H16BrNO4. The van der Waals surface area contributed by atoms with Gasteiger partial charge in [0, 0.05) is 17.4 Å². The number of likely N-dealkylation sites (tertiary alicyclic amines) is 1. The average Bonchev–Trinajstić information content (AvgIpc) is 2.76. The van der Waals surface area contributed by atoms with E-state index < -0.39 is 17.9 Å². The molecular weight excluding hydrogens is 326 g/mol. The Morgan fingerprint density at radius 1 is 1.55 bits per heavy atom. The molecule has 0 aliphatic carbocycles. The van der Waals surface area contributed by atoms with Crippen LogP contribution in [0.5, 0.6) is 5.75 Å². The largest absolute Gasteiger partial charge is 0.497 e. The summed E-state index contributed by atoms with van der Waals surface area (Å²) in [5.74, 6) is -1.16. The second-order valence-corrected chi connectivity index (χ2v) is 5.52. The van der Waals surface area contributed by atoms with Crippen molar-refractivity contribution in [3.63, 3.8) is 0 Å². The van der Waals surface area contributed by atoms with Crippen molar-refractivity contribution in [2.24, 2.45) is 5.92 Å². The number of nitrogens with zero attached hydrogens (tertiary/aromatic N) is 1. The van der Waals surface area contributed by atoms with E-state index in [0.717, 1.165) is 10.0 Å². The highest BCUT2D eigenvalue weighted by Gasteiger charge is 2.44. The van der Waals surface area contributed by atoms with E-state index in [1.54, 1.807) is 24.1 Å². The first-order valence-electron chi connectivity index (χ1n) is 6.35. The zero-order valence-corrected chi connectivity index (χ0v) is 12.9. The smallest absolute Gasteiger partial charge is 0.309 e. The van der Waals surface area contributed by atoms with Gasteiger partial charge in [0.2, 0.25) is 5.91 Å². The maximum Gasteiger partial charge on any atom is 0.309 e. The zero-order valence-electron chi connectivity index (χ0n) is 11.3. The number of rotatable bonds is 4. The number of halogens is 1. The lowest BCUT2D eigenvalue weighted by Gasteiger charge is -2.27. The van der Waals surface area contributed by atoms with Crippen LogP contribution in [0.2, 0.25) is 0 Å². The predicted molar refractivity (Wildman–Crippen MR) is 76.6 cm³/mol. The van der Waals surface area contributed by atoms with Crippen LogP contribution < -0.4 is 4.74 Å². The standard InChI is InChI=1S/C14H16BrNO4/c1-3-16-12(17)7-10(14(18)19)13(16)9-6-8(20-2)4-5-11(9)15/h4-6,10,13H,3,7H2,1-2H3,(H,18,19). The van der Waals surface area contributed by atoms with Gasteiger partial charge in [0.05, 0.1) is 19.1 Å². The van der Waals surface area contributed by atoms with Crippen LogP contribution in [0.25, 0.3) is 0 Å². The molecule has 1 N–H and O–H groups in total. The number of amides is 1. The maximum atomic E-state index is 12.0. The van der Waals surface area contributed by atoms with Crippen LogP contribution in [-0.2, 0) is 9.59 Å². The highest BCUT2D eigenvalue weighted by atomic mass is 79.9. The normalized spacial score (nSPS) is 22.1. The first-order chi connectivity index (χ1) is 9.49. The molecule has 1 aromatic carbocycles. The van der Waals surface area contributed by atoms with Crippen molar-refractivity contribution in [3.8, 4) is 5.75 Å². The molecule has 1 aliphatic heterocycles. The minimum atomic E-state index is -0.950. The molecule has 2 atom stereocenters. The molecule has 1 aliphatic rings. The summed E-state index contributed by atoms with van der Waals surface area (Å²) in [6.07, 6.45) is 0.0392. The van der Waals surface area contributed by atoms with Crippen LogP contribution in [0.15, 0.2) is 22.7 Å². The molecule has 6 heteroatoms. The molecule has 20 heavy (non-hydrogen) atoms. The molecule has 2 unspecified atom stereocenters. The number of carbonyl (C=O) groups excluding carboxylic acids is 1. The van der Waals surface area contributed by atoms with Gasteiger partial charge in [-0.15, -0.1) is 0 Å². The Morgan fingerprint density at radius 3 is 2.80 bits per heavy atom. The van der Waals surface area contributed by atoms with E-state index >= 15 is 0 Å². The van der Waals surface area contributed by atoms with Gasteiger partial charge < -0.3 is 14.7 Å². The number of benzene rings is 1. The molecule has 5 nitrogen and oxygen atoms in total. The minimum Gasteiger partial charge on any atom is -0.497 e. The molecule has 1 saturated heterocycles. The molecule has 1 amide bonds. The summed E-state index contributed by atoms with van der Waals surface area (Å²) in [5, 5.41) is 9.37. The van der Waals surface area contributed by atoms with Gasteiger partial charge in [-0.25, -0.2) is 0 Å². The van der Waals surface area contributed by atoms with Gasteiger partial charge in [-0.2, -0.15) is 0 Å². The summed E-state index contributed by atoms with van der Waals surface area (Å²) >= 11 is 3.44. The summed E-state index contributed by atoms with van der Waals surface area (Å²) in [6, 6.07) is 4.92. The number of methoxy groups -OCH3 is 1. The summed E-state index contributed by atoms with van der Waals surface area (Å²) < 4.78 is 5.97. The maximum absolute atomic E-state index is 12.0. The highest BCUT2D eigenvalue weighted by Crippen LogP contribution is 2.42. The highest BCUT2D eigenvalue weighted by molar-refractivity contribution is 9.10. The van der Waals surface area contributed by atoms with E-state index in [-0.39, 0.29) is 12.3 Å². The van der Waals surface area contributed by atoms with Gasteiger partial charge in [0.15, 0.2) is 0 Å². The number of hydrogen-bond donors (Lipinski definition) is 1. The van der Waals surface area contributed by atoms with Gasteiger partial charge in [0.25, 0.3) is 0 Å². The first kappa shape index (κ1) is 14.8.